The molecule has 4 nitrogen and oxygen atoms in total. The summed E-state index contributed by atoms with van der Waals surface area (Å²) in [6.45, 7) is 0. The minimum atomic E-state index is -1.27. The van der Waals surface area contributed by atoms with Gasteiger partial charge in [0.15, 0.2) is 10.5 Å². The predicted octanol–water partition coefficient (Wildman–Crippen LogP) is 3.14. The molecule has 0 spiro atoms. The molecule has 0 aliphatic heterocycles. The summed E-state index contributed by atoms with van der Waals surface area (Å²) in [5.74, 6) is -0.152. The fourth-order valence-electron chi connectivity index (χ4n) is 2.76. The number of benzene rings is 2. The lowest BCUT2D eigenvalue weighted by Crippen LogP contribution is -2.42. The maximum absolute atomic E-state index is 13.0. The second kappa shape index (κ2) is 6.08. The van der Waals surface area contributed by atoms with E-state index in [4.69, 9.17) is 9.47 Å². The number of ketones is 1. The van der Waals surface area contributed by atoms with Gasteiger partial charge in [0.1, 0.15) is 5.75 Å². The van der Waals surface area contributed by atoms with Crippen LogP contribution in [-0.2, 0) is 16.0 Å². The van der Waals surface area contributed by atoms with Gasteiger partial charge < -0.3 is 9.47 Å². The van der Waals surface area contributed by atoms with Crippen LogP contribution in [0.15, 0.2) is 53.4 Å². The number of ether oxygens (including phenoxy) is 2. The van der Waals surface area contributed by atoms with Gasteiger partial charge in [0.05, 0.1) is 14.2 Å². The third-order valence-electron chi connectivity index (χ3n) is 3.92. The van der Waals surface area contributed by atoms with Crippen LogP contribution in [0.2, 0.25) is 0 Å². The van der Waals surface area contributed by atoms with Crippen LogP contribution in [0.1, 0.15) is 15.9 Å². The molecule has 0 N–H and O–H groups in total. The molecule has 1 atom stereocenters. The van der Waals surface area contributed by atoms with Crippen molar-refractivity contribution in [3.63, 3.8) is 0 Å². The standard InChI is InChI=1S/C18H16O4S/c1-21-13-9-8-12-11-18(17(20)22-2,16(19)15(12)10-13)23-14-6-4-3-5-7-14/h3-10H,11H2,1-2H3/t18-/m0/s1. The third-order valence-corrected chi connectivity index (χ3v) is 5.27. The van der Waals surface area contributed by atoms with E-state index in [0.717, 1.165) is 10.5 Å². The molecule has 0 amide bonds. The predicted molar refractivity (Wildman–Crippen MR) is 88.1 cm³/mol. The van der Waals surface area contributed by atoms with Crippen molar-refractivity contribution in [1.29, 1.82) is 0 Å². The number of fused-ring (bicyclic) bond motifs is 1. The Kier molecular flexibility index (Phi) is 4.13. The Bertz CT molecular complexity index is 757. The Morgan fingerprint density at radius 1 is 1.13 bits per heavy atom. The van der Waals surface area contributed by atoms with Crippen molar-refractivity contribution in [2.45, 2.75) is 16.1 Å². The van der Waals surface area contributed by atoms with Crippen LogP contribution >= 0.6 is 11.8 Å². The summed E-state index contributed by atoms with van der Waals surface area (Å²) in [7, 11) is 2.86. The monoisotopic (exact) mass is 328 g/mol. The third kappa shape index (κ3) is 2.61. The normalized spacial score (nSPS) is 19.3. The Labute approximate surface area is 138 Å². The molecule has 3 rings (SSSR count). The van der Waals surface area contributed by atoms with Crippen molar-refractivity contribution in [3.8, 4) is 5.75 Å². The van der Waals surface area contributed by atoms with E-state index in [1.54, 1.807) is 19.2 Å². The first-order chi connectivity index (χ1) is 11.1. The molecule has 118 valence electrons. The number of esters is 1. The number of Topliss-reactive ketones (excluding diaryl/α,β-unsaturated/α-hetero) is 1. The topological polar surface area (TPSA) is 52.6 Å². The van der Waals surface area contributed by atoms with E-state index in [1.807, 2.05) is 36.4 Å². The van der Waals surface area contributed by atoms with Crippen LogP contribution in [0.3, 0.4) is 0 Å². The van der Waals surface area contributed by atoms with Crippen LogP contribution in [-0.4, -0.2) is 30.7 Å². The van der Waals surface area contributed by atoms with Gasteiger partial charge in [-0.25, -0.2) is 0 Å². The van der Waals surface area contributed by atoms with Gasteiger partial charge in [-0.15, -0.1) is 0 Å². The molecular formula is C18H16O4S. The highest BCUT2D eigenvalue weighted by atomic mass is 32.2. The van der Waals surface area contributed by atoms with Crippen LogP contribution in [0.4, 0.5) is 0 Å². The van der Waals surface area contributed by atoms with Crippen molar-refractivity contribution in [3.05, 3.63) is 59.7 Å². The molecule has 0 aromatic heterocycles. The summed E-state index contributed by atoms with van der Waals surface area (Å²) >= 11 is 1.24. The molecule has 0 bridgehead atoms. The Morgan fingerprint density at radius 3 is 2.52 bits per heavy atom. The van der Waals surface area contributed by atoms with Gasteiger partial charge in [-0.3, -0.25) is 9.59 Å². The fraction of sp³-hybridized carbons (Fsp3) is 0.222. The molecule has 0 heterocycles. The number of carbonyl (C=O) groups is 2. The minimum Gasteiger partial charge on any atom is -0.497 e. The fourth-order valence-corrected chi connectivity index (χ4v) is 4.05. The van der Waals surface area contributed by atoms with Crippen LogP contribution < -0.4 is 4.74 Å². The van der Waals surface area contributed by atoms with Crippen molar-refractivity contribution >= 4 is 23.5 Å². The van der Waals surface area contributed by atoms with Crippen LogP contribution in [0, 0.1) is 0 Å². The summed E-state index contributed by atoms with van der Waals surface area (Å²) in [5, 5.41) is 0. The van der Waals surface area contributed by atoms with Gasteiger partial charge >= 0.3 is 5.97 Å². The lowest BCUT2D eigenvalue weighted by Gasteiger charge is -2.23. The van der Waals surface area contributed by atoms with Crippen molar-refractivity contribution in [2.75, 3.05) is 14.2 Å². The van der Waals surface area contributed by atoms with Gasteiger partial charge in [-0.1, -0.05) is 36.0 Å². The lowest BCUT2D eigenvalue weighted by atomic mass is 10.0. The summed E-state index contributed by atoms with van der Waals surface area (Å²) in [5.41, 5.74) is 1.36. The minimum absolute atomic E-state index is 0.230. The van der Waals surface area contributed by atoms with E-state index < -0.39 is 10.7 Å². The van der Waals surface area contributed by atoms with E-state index in [9.17, 15) is 9.59 Å². The zero-order chi connectivity index (χ0) is 16.4. The summed E-state index contributed by atoms with van der Waals surface area (Å²) in [4.78, 5) is 26.3. The molecule has 23 heavy (non-hydrogen) atoms. The molecule has 0 saturated heterocycles. The molecule has 2 aromatic rings. The zero-order valence-electron chi connectivity index (χ0n) is 12.9. The van der Waals surface area contributed by atoms with Crippen molar-refractivity contribution in [2.24, 2.45) is 0 Å². The summed E-state index contributed by atoms with van der Waals surface area (Å²) in [6, 6.07) is 14.7. The summed E-state index contributed by atoms with van der Waals surface area (Å²) in [6.07, 6.45) is 0.317. The summed E-state index contributed by atoms with van der Waals surface area (Å²) < 4.78 is 8.87. The Balaban J connectivity index is 2.05. The second-order valence-electron chi connectivity index (χ2n) is 5.26. The van der Waals surface area contributed by atoms with E-state index in [-0.39, 0.29) is 5.78 Å². The van der Waals surface area contributed by atoms with E-state index >= 15 is 0 Å². The smallest absolute Gasteiger partial charge is 0.330 e. The van der Waals surface area contributed by atoms with Crippen LogP contribution in [0.25, 0.3) is 0 Å². The highest BCUT2D eigenvalue weighted by Gasteiger charge is 2.53. The highest BCUT2D eigenvalue weighted by Crippen LogP contribution is 2.45. The van der Waals surface area contributed by atoms with E-state index in [1.165, 1.54) is 18.9 Å². The number of rotatable bonds is 4. The average Bonchev–Trinajstić information content (AvgIpc) is 2.87. The molecule has 0 radical (unpaired) electrons. The Hall–Kier alpha value is -2.27. The molecule has 0 unspecified atom stereocenters. The molecular weight excluding hydrogens is 312 g/mol. The number of carbonyl (C=O) groups excluding carboxylic acids is 2. The average molecular weight is 328 g/mol. The van der Waals surface area contributed by atoms with Gasteiger partial charge in [0, 0.05) is 16.9 Å². The van der Waals surface area contributed by atoms with E-state index in [2.05, 4.69) is 0 Å². The van der Waals surface area contributed by atoms with Crippen molar-refractivity contribution in [1.82, 2.24) is 0 Å². The van der Waals surface area contributed by atoms with Crippen LogP contribution in [0.5, 0.6) is 5.75 Å². The zero-order valence-corrected chi connectivity index (χ0v) is 13.7. The molecule has 0 fully saturated rings. The van der Waals surface area contributed by atoms with Gasteiger partial charge in [0.25, 0.3) is 0 Å². The van der Waals surface area contributed by atoms with Gasteiger partial charge in [-0.2, -0.15) is 0 Å². The first-order valence-electron chi connectivity index (χ1n) is 7.15. The number of hydrogen-bond acceptors (Lipinski definition) is 5. The number of thioether (sulfide) groups is 1. The maximum atomic E-state index is 13.0. The number of methoxy groups -OCH3 is 2. The SMILES string of the molecule is COC(=O)[C@]1(Sc2ccccc2)Cc2ccc(OC)cc2C1=O. The Morgan fingerprint density at radius 2 is 1.87 bits per heavy atom. The van der Waals surface area contributed by atoms with E-state index in [0.29, 0.717) is 17.7 Å². The lowest BCUT2D eigenvalue weighted by molar-refractivity contribution is -0.141. The molecule has 1 aliphatic rings. The molecule has 2 aromatic carbocycles. The highest BCUT2D eigenvalue weighted by molar-refractivity contribution is 8.02. The van der Waals surface area contributed by atoms with Crippen molar-refractivity contribution < 1.29 is 19.1 Å². The van der Waals surface area contributed by atoms with Gasteiger partial charge in [-0.05, 0) is 29.8 Å². The maximum Gasteiger partial charge on any atom is 0.330 e. The first kappa shape index (κ1) is 15.6. The second-order valence-corrected chi connectivity index (χ2v) is 6.64. The number of hydrogen-bond donors (Lipinski definition) is 0. The molecule has 5 heteroatoms. The van der Waals surface area contributed by atoms with Gasteiger partial charge in [0.2, 0.25) is 0 Å². The quantitative estimate of drug-likeness (QED) is 0.637. The first-order valence-corrected chi connectivity index (χ1v) is 7.96. The largest absolute Gasteiger partial charge is 0.497 e. The molecule has 1 aliphatic carbocycles. The molecule has 0 saturated carbocycles.